The van der Waals surface area contributed by atoms with E-state index in [1.165, 1.54) is 0 Å². The lowest BCUT2D eigenvalue weighted by atomic mass is 10.1. The van der Waals surface area contributed by atoms with E-state index in [-0.39, 0.29) is 5.69 Å². The van der Waals surface area contributed by atoms with Crippen LogP contribution in [-0.4, -0.2) is 22.2 Å². The summed E-state index contributed by atoms with van der Waals surface area (Å²) in [6.07, 6.45) is 2.54. The van der Waals surface area contributed by atoms with E-state index < -0.39 is 5.97 Å². The Balaban J connectivity index is 1.55. The lowest BCUT2D eigenvalue weighted by molar-refractivity contribution is 0.0684. The predicted octanol–water partition coefficient (Wildman–Crippen LogP) is 8.23. The number of aromatic carboxylic acids is 1. The first-order valence-electron chi connectivity index (χ1n) is 12.1. The van der Waals surface area contributed by atoms with Gasteiger partial charge in [-0.1, -0.05) is 53.0 Å². The molecular weight excluding hydrogens is 507 g/mol. The number of ether oxygens (including phenoxy) is 1. The molecule has 7 heteroatoms. The van der Waals surface area contributed by atoms with Gasteiger partial charge in [-0.15, -0.1) is 0 Å². The van der Waals surface area contributed by atoms with E-state index in [1.807, 2.05) is 87.6 Å². The Bertz CT molecular complexity index is 1370. The van der Waals surface area contributed by atoms with Gasteiger partial charge in [0.15, 0.2) is 0 Å². The molecule has 1 aromatic heterocycles. The van der Waals surface area contributed by atoms with E-state index >= 15 is 0 Å². The molecular formula is C30H30Cl2N2O3. The zero-order valence-electron chi connectivity index (χ0n) is 21.2. The smallest absolute Gasteiger partial charge is 0.352 e. The molecule has 0 aliphatic rings. The maximum atomic E-state index is 12.1. The minimum atomic E-state index is -0.970. The second-order valence-corrected chi connectivity index (χ2v) is 10.0. The van der Waals surface area contributed by atoms with Crippen LogP contribution >= 0.6 is 23.2 Å². The molecule has 0 radical (unpaired) electrons. The number of aryl methyl sites for hydroxylation is 4. The Hall–Kier alpha value is -3.41. The fraction of sp³-hybridized carbons (Fsp3) is 0.233. The molecule has 0 unspecified atom stereocenters. The van der Waals surface area contributed by atoms with Crippen molar-refractivity contribution in [3.8, 4) is 5.75 Å². The van der Waals surface area contributed by atoms with E-state index in [9.17, 15) is 9.90 Å². The van der Waals surface area contributed by atoms with Crippen molar-refractivity contribution in [1.82, 2.24) is 4.57 Å². The average Bonchev–Trinajstić information content (AvgIpc) is 3.28. The van der Waals surface area contributed by atoms with E-state index in [2.05, 4.69) is 4.90 Å². The van der Waals surface area contributed by atoms with Crippen molar-refractivity contribution in [2.24, 2.45) is 0 Å². The van der Waals surface area contributed by atoms with Gasteiger partial charge in [-0.3, -0.25) is 0 Å². The minimum Gasteiger partial charge on any atom is -0.494 e. The monoisotopic (exact) mass is 536 g/mol. The summed E-state index contributed by atoms with van der Waals surface area (Å²) in [5.74, 6) is -0.208. The van der Waals surface area contributed by atoms with E-state index in [0.29, 0.717) is 31.1 Å². The summed E-state index contributed by atoms with van der Waals surface area (Å²) >= 11 is 12.5. The predicted molar refractivity (Wildman–Crippen MR) is 151 cm³/mol. The lowest BCUT2D eigenvalue weighted by Crippen LogP contribution is -2.16. The number of anilines is 2. The summed E-state index contributed by atoms with van der Waals surface area (Å²) in [6.45, 7) is 7.45. The molecule has 0 aliphatic heterocycles. The minimum absolute atomic E-state index is 0.233. The zero-order valence-corrected chi connectivity index (χ0v) is 22.7. The Morgan fingerprint density at radius 1 is 0.946 bits per heavy atom. The van der Waals surface area contributed by atoms with Crippen molar-refractivity contribution < 1.29 is 14.6 Å². The van der Waals surface area contributed by atoms with E-state index in [0.717, 1.165) is 44.4 Å². The van der Waals surface area contributed by atoms with Gasteiger partial charge in [0.25, 0.3) is 0 Å². The fourth-order valence-electron chi connectivity index (χ4n) is 4.30. The lowest BCUT2D eigenvalue weighted by Gasteiger charge is -2.24. The maximum Gasteiger partial charge on any atom is 0.352 e. The molecule has 0 atom stereocenters. The van der Waals surface area contributed by atoms with Crippen LogP contribution in [0.4, 0.5) is 11.4 Å². The van der Waals surface area contributed by atoms with Gasteiger partial charge in [-0.05, 0) is 86.3 Å². The molecule has 1 N–H and O–H groups in total. The molecule has 4 rings (SSSR count). The largest absolute Gasteiger partial charge is 0.494 e. The van der Waals surface area contributed by atoms with Gasteiger partial charge in [-0.2, -0.15) is 0 Å². The SMILES string of the molecule is Cc1ccc(N(Cc2cccc(Cl)c2)c2cc(C(=O)O)n(CCCOc3cc(C)c(Cl)c(C)c3)c2)cc1. The van der Waals surface area contributed by atoms with Gasteiger partial charge >= 0.3 is 5.97 Å². The summed E-state index contributed by atoms with van der Waals surface area (Å²) in [6, 6.07) is 21.4. The fourth-order valence-corrected chi connectivity index (χ4v) is 4.62. The Kier molecular flexibility index (Phi) is 8.47. The van der Waals surface area contributed by atoms with Gasteiger partial charge < -0.3 is 19.3 Å². The molecule has 1 heterocycles. The third-order valence-corrected chi connectivity index (χ3v) is 7.04. The second kappa shape index (κ2) is 11.8. The number of carbonyl (C=O) groups is 1. The van der Waals surface area contributed by atoms with Crippen molar-refractivity contribution in [1.29, 1.82) is 0 Å². The molecule has 0 aliphatic carbocycles. The molecule has 3 aromatic carbocycles. The van der Waals surface area contributed by atoms with Crippen LogP contribution < -0.4 is 9.64 Å². The highest BCUT2D eigenvalue weighted by atomic mass is 35.5. The first kappa shape index (κ1) is 26.6. The number of nitrogens with zero attached hydrogens (tertiary/aromatic N) is 2. The van der Waals surface area contributed by atoms with Gasteiger partial charge in [0.1, 0.15) is 11.4 Å². The van der Waals surface area contributed by atoms with Gasteiger partial charge in [0, 0.05) is 35.0 Å². The summed E-state index contributed by atoms with van der Waals surface area (Å²) < 4.78 is 7.70. The summed E-state index contributed by atoms with van der Waals surface area (Å²) in [5, 5.41) is 11.3. The van der Waals surface area contributed by atoms with Crippen LogP contribution in [0.5, 0.6) is 5.75 Å². The first-order chi connectivity index (χ1) is 17.7. The number of hydrogen-bond donors (Lipinski definition) is 1. The van der Waals surface area contributed by atoms with Crippen LogP contribution in [0.25, 0.3) is 0 Å². The van der Waals surface area contributed by atoms with Crippen molar-refractivity contribution >= 4 is 40.5 Å². The van der Waals surface area contributed by atoms with Crippen molar-refractivity contribution in [2.75, 3.05) is 11.5 Å². The molecule has 37 heavy (non-hydrogen) atoms. The van der Waals surface area contributed by atoms with Gasteiger partial charge in [-0.25, -0.2) is 4.79 Å². The molecule has 0 fully saturated rings. The van der Waals surface area contributed by atoms with Crippen molar-refractivity contribution in [3.63, 3.8) is 0 Å². The van der Waals surface area contributed by atoms with Crippen LogP contribution in [0.2, 0.25) is 10.0 Å². The number of aromatic nitrogens is 1. The maximum absolute atomic E-state index is 12.1. The van der Waals surface area contributed by atoms with E-state index in [1.54, 1.807) is 10.6 Å². The summed E-state index contributed by atoms with van der Waals surface area (Å²) in [4.78, 5) is 14.2. The third kappa shape index (κ3) is 6.68. The molecule has 4 aromatic rings. The van der Waals surface area contributed by atoms with Crippen molar-refractivity contribution in [2.45, 2.75) is 40.3 Å². The highest BCUT2D eigenvalue weighted by Gasteiger charge is 2.18. The Labute approximate surface area is 227 Å². The van der Waals surface area contributed by atoms with Crippen LogP contribution in [0.3, 0.4) is 0 Å². The molecule has 0 amide bonds. The van der Waals surface area contributed by atoms with Gasteiger partial charge in [0.2, 0.25) is 0 Å². The molecule has 0 saturated carbocycles. The molecule has 5 nitrogen and oxygen atoms in total. The normalized spacial score (nSPS) is 10.9. The number of rotatable bonds is 10. The van der Waals surface area contributed by atoms with Gasteiger partial charge in [0.05, 0.1) is 12.3 Å². The van der Waals surface area contributed by atoms with Crippen LogP contribution in [-0.2, 0) is 13.1 Å². The highest BCUT2D eigenvalue weighted by molar-refractivity contribution is 6.32. The Morgan fingerprint density at radius 3 is 2.30 bits per heavy atom. The quantitative estimate of drug-likeness (QED) is 0.207. The van der Waals surface area contributed by atoms with Crippen LogP contribution in [0.15, 0.2) is 72.9 Å². The number of carboxylic acid groups (broad SMARTS) is 1. The standard InChI is InChI=1S/C30H30Cl2N2O3/c1-20-8-10-25(11-9-20)34(18-23-6-4-7-24(31)16-23)26-17-28(30(35)36)33(19-26)12-5-13-37-27-14-21(2)29(32)22(3)15-27/h4,6-11,14-17,19H,5,12-13,18H2,1-3H3,(H,35,36). The van der Waals surface area contributed by atoms with Crippen LogP contribution in [0, 0.1) is 20.8 Å². The molecule has 0 saturated heterocycles. The third-order valence-electron chi connectivity index (χ3n) is 6.21. The molecule has 0 spiro atoms. The number of benzene rings is 3. The number of halogens is 2. The topological polar surface area (TPSA) is 54.7 Å². The van der Waals surface area contributed by atoms with E-state index in [4.69, 9.17) is 27.9 Å². The Morgan fingerprint density at radius 2 is 1.65 bits per heavy atom. The summed E-state index contributed by atoms with van der Waals surface area (Å²) in [7, 11) is 0. The van der Waals surface area contributed by atoms with Crippen LogP contribution in [0.1, 0.15) is 39.2 Å². The average molecular weight is 537 g/mol. The molecule has 192 valence electrons. The molecule has 0 bridgehead atoms. The number of carboxylic acids is 1. The first-order valence-corrected chi connectivity index (χ1v) is 12.9. The second-order valence-electron chi connectivity index (χ2n) is 9.21. The highest BCUT2D eigenvalue weighted by Crippen LogP contribution is 2.31. The van der Waals surface area contributed by atoms with Crippen molar-refractivity contribution in [3.05, 3.63) is 111 Å². The number of hydrogen-bond acceptors (Lipinski definition) is 3. The zero-order chi connectivity index (χ0) is 26.5. The summed E-state index contributed by atoms with van der Waals surface area (Å²) in [5.41, 5.74) is 6.12.